The van der Waals surface area contributed by atoms with E-state index in [0.29, 0.717) is 12.3 Å². The molecule has 0 bridgehead atoms. The Labute approximate surface area is 113 Å². The average molecular weight is 257 g/mol. The fraction of sp³-hybridized carbons (Fsp3) is 0.467. The van der Waals surface area contributed by atoms with E-state index < -0.39 is 0 Å². The fourth-order valence-electron chi connectivity index (χ4n) is 2.76. The highest BCUT2D eigenvalue weighted by atomic mass is 16.2. The van der Waals surface area contributed by atoms with Gasteiger partial charge >= 0.3 is 0 Å². The van der Waals surface area contributed by atoms with Crippen molar-refractivity contribution in [1.82, 2.24) is 14.3 Å². The van der Waals surface area contributed by atoms with Gasteiger partial charge in [0.1, 0.15) is 5.65 Å². The Bertz CT molecular complexity index is 557. The zero-order chi connectivity index (χ0) is 13.2. The van der Waals surface area contributed by atoms with Gasteiger partial charge in [0.2, 0.25) is 5.91 Å². The summed E-state index contributed by atoms with van der Waals surface area (Å²) in [6, 6.07) is 5.88. The standard InChI is InChI=1S/C15H19N3O/c1-12-5-4-8-18(10-12)15(19)9-13-11-17-7-3-2-6-14(17)16-13/h2-3,6-7,11-12H,4-5,8-10H2,1H3/t12-/m1/s1. The number of fused-ring (bicyclic) bond motifs is 1. The molecule has 0 unspecified atom stereocenters. The molecule has 100 valence electrons. The summed E-state index contributed by atoms with van der Waals surface area (Å²) in [5, 5.41) is 0. The molecule has 4 nitrogen and oxygen atoms in total. The molecule has 3 heterocycles. The molecule has 1 amide bonds. The summed E-state index contributed by atoms with van der Waals surface area (Å²) < 4.78 is 1.96. The second-order valence-electron chi connectivity index (χ2n) is 5.46. The van der Waals surface area contributed by atoms with Crippen LogP contribution in [-0.2, 0) is 11.2 Å². The van der Waals surface area contributed by atoms with Crippen LogP contribution in [0.3, 0.4) is 0 Å². The number of nitrogens with zero attached hydrogens (tertiary/aromatic N) is 3. The maximum Gasteiger partial charge on any atom is 0.228 e. The molecule has 1 aliphatic heterocycles. The molecule has 1 atom stereocenters. The number of aromatic nitrogens is 2. The van der Waals surface area contributed by atoms with Crippen molar-refractivity contribution >= 4 is 11.6 Å². The number of hydrogen-bond acceptors (Lipinski definition) is 2. The van der Waals surface area contributed by atoms with Crippen LogP contribution in [0.1, 0.15) is 25.5 Å². The third kappa shape index (κ3) is 2.62. The Morgan fingerprint density at radius 3 is 3.16 bits per heavy atom. The number of hydrogen-bond donors (Lipinski definition) is 0. The van der Waals surface area contributed by atoms with E-state index in [2.05, 4.69) is 11.9 Å². The maximum absolute atomic E-state index is 12.3. The minimum absolute atomic E-state index is 0.204. The maximum atomic E-state index is 12.3. The Balaban J connectivity index is 1.71. The lowest BCUT2D eigenvalue weighted by molar-refractivity contribution is -0.132. The molecule has 19 heavy (non-hydrogen) atoms. The minimum atomic E-state index is 0.204. The zero-order valence-electron chi connectivity index (χ0n) is 11.2. The van der Waals surface area contributed by atoms with Crippen molar-refractivity contribution in [2.75, 3.05) is 13.1 Å². The van der Waals surface area contributed by atoms with Gasteiger partial charge in [0.25, 0.3) is 0 Å². The summed E-state index contributed by atoms with van der Waals surface area (Å²) in [5.41, 5.74) is 1.76. The van der Waals surface area contributed by atoms with E-state index in [1.807, 2.05) is 39.9 Å². The lowest BCUT2D eigenvalue weighted by Crippen LogP contribution is -2.39. The molecule has 2 aromatic rings. The van der Waals surface area contributed by atoms with Crippen LogP contribution in [-0.4, -0.2) is 33.3 Å². The number of carbonyl (C=O) groups excluding carboxylic acids is 1. The van der Waals surface area contributed by atoms with Gasteiger partial charge in [-0.3, -0.25) is 4.79 Å². The largest absolute Gasteiger partial charge is 0.342 e. The van der Waals surface area contributed by atoms with Gasteiger partial charge in [-0.05, 0) is 30.9 Å². The normalized spacial score (nSPS) is 19.8. The van der Waals surface area contributed by atoms with Crippen molar-refractivity contribution in [2.24, 2.45) is 5.92 Å². The molecule has 3 rings (SSSR count). The number of pyridine rings is 1. The zero-order valence-corrected chi connectivity index (χ0v) is 11.2. The van der Waals surface area contributed by atoms with Crippen LogP contribution in [0.4, 0.5) is 0 Å². The fourth-order valence-corrected chi connectivity index (χ4v) is 2.76. The van der Waals surface area contributed by atoms with E-state index in [4.69, 9.17) is 0 Å². The quantitative estimate of drug-likeness (QED) is 0.826. The number of rotatable bonds is 2. The summed E-state index contributed by atoms with van der Waals surface area (Å²) in [7, 11) is 0. The monoisotopic (exact) mass is 257 g/mol. The molecule has 0 aliphatic carbocycles. The van der Waals surface area contributed by atoms with Gasteiger partial charge < -0.3 is 9.30 Å². The molecular formula is C15H19N3O. The first kappa shape index (κ1) is 12.2. The van der Waals surface area contributed by atoms with E-state index in [-0.39, 0.29) is 5.91 Å². The molecule has 1 fully saturated rings. The van der Waals surface area contributed by atoms with Crippen molar-refractivity contribution in [3.63, 3.8) is 0 Å². The van der Waals surface area contributed by atoms with Gasteiger partial charge in [0.15, 0.2) is 0 Å². The van der Waals surface area contributed by atoms with Crippen LogP contribution in [0, 0.1) is 5.92 Å². The summed E-state index contributed by atoms with van der Waals surface area (Å²) in [6.07, 6.45) is 6.67. The lowest BCUT2D eigenvalue weighted by atomic mass is 10.00. The van der Waals surface area contributed by atoms with Crippen molar-refractivity contribution in [3.8, 4) is 0 Å². The molecule has 1 saturated heterocycles. The lowest BCUT2D eigenvalue weighted by Gasteiger charge is -2.30. The topological polar surface area (TPSA) is 37.6 Å². The minimum Gasteiger partial charge on any atom is -0.342 e. The SMILES string of the molecule is C[C@@H]1CCCN(C(=O)Cc2cn3ccccc3n2)C1. The third-order valence-corrected chi connectivity index (χ3v) is 3.76. The van der Waals surface area contributed by atoms with Crippen LogP contribution in [0.25, 0.3) is 5.65 Å². The Morgan fingerprint density at radius 2 is 2.37 bits per heavy atom. The third-order valence-electron chi connectivity index (χ3n) is 3.76. The highest BCUT2D eigenvalue weighted by molar-refractivity contribution is 5.78. The van der Waals surface area contributed by atoms with Gasteiger partial charge in [-0.15, -0.1) is 0 Å². The molecule has 2 aromatic heterocycles. The van der Waals surface area contributed by atoms with Crippen molar-refractivity contribution in [1.29, 1.82) is 0 Å². The summed E-state index contributed by atoms with van der Waals surface area (Å²) >= 11 is 0. The van der Waals surface area contributed by atoms with Gasteiger partial charge in [0, 0.05) is 25.5 Å². The molecule has 0 aromatic carbocycles. The number of carbonyl (C=O) groups is 1. The predicted molar refractivity (Wildman–Crippen MR) is 73.9 cm³/mol. The molecule has 0 radical (unpaired) electrons. The van der Waals surface area contributed by atoms with Gasteiger partial charge in [-0.2, -0.15) is 0 Å². The number of imidazole rings is 1. The highest BCUT2D eigenvalue weighted by Crippen LogP contribution is 2.16. The summed E-state index contributed by atoms with van der Waals surface area (Å²) in [5.74, 6) is 0.828. The average Bonchev–Trinajstić information content (AvgIpc) is 2.80. The van der Waals surface area contributed by atoms with Gasteiger partial charge in [0.05, 0.1) is 12.1 Å². The predicted octanol–water partition coefficient (Wildman–Crippen LogP) is 2.14. The summed E-state index contributed by atoms with van der Waals surface area (Å²) in [4.78, 5) is 18.7. The van der Waals surface area contributed by atoms with Crippen molar-refractivity contribution < 1.29 is 4.79 Å². The first-order valence-corrected chi connectivity index (χ1v) is 6.93. The second kappa shape index (κ2) is 5.03. The van der Waals surface area contributed by atoms with Gasteiger partial charge in [-0.25, -0.2) is 4.98 Å². The second-order valence-corrected chi connectivity index (χ2v) is 5.46. The van der Waals surface area contributed by atoms with E-state index >= 15 is 0 Å². The summed E-state index contributed by atoms with van der Waals surface area (Å²) in [6.45, 7) is 4.01. The molecule has 0 N–H and O–H groups in total. The number of piperidine rings is 1. The Morgan fingerprint density at radius 1 is 1.47 bits per heavy atom. The molecule has 4 heteroatoms. The first-order chi connectivity index (χ1) is 9.22. The molecule has 0 saturated carbocycles. The molecular weight excluding hydrogens is 238 g/mol. The van der Waals surface area contributed by atoms with E-state index in [1.54, 1.807) is 0 Å². The van der Waals surface area contributed by atoms with Gasteiger partial charge in [-0.1, -0.05) is 13.0 Å². The van der Waals surface area contributed by atoms with E-state index in [0.717, 1.165) is 30.9 Å². The molecule has 1 aliphatic rings. The number of likely N-dealkylation sites (tertiary alicyclic amines) is 1. The first-order valence-electron chi connectivity index (χ1n) is 6.93. The van der Waals surface area contributed by atoms with E-state index in [9.17, 15) is 4.79 Å². The van der Waals surface area contributed by atoms with Crippen LogP contribution in [0.15, 0.2) is 30.6 Å². The van der Waals surface area contributed by atoms with Crippen LogP contribution in [0.5, 0.6) is 0 Å². The Kier molecular flexibility index (Phi) is 3.23. The highest BCUT2D eigenvalue weighted by Gasteiger charge is 2.21. The van der Waals surface area contributed by atoms with Crippen LogP contribution in [0.2, 0.25) is 0 Å². The van der Waals surface area contributed by atoms with Crippen molar-refractivity contribution in [3.05, 3.63) is 36.3 Å². The van der Waals surface area contributed by atoms with Crippen LogP contribution < -0.4 is 0 Å². The van der Waals surface area contributed by atoms with Crippen molar-refractivity contribution in [2.45, 2.75) is 26.2 Å². The van der Waals surface area contributed by atoms with E-state index in [1.165, 1.54) is 6.42 Å². The molecule has 0 spiro atoms. The number of amides is 1. The van der Waals surface area contributed by atoms with Crippen LogP contribution >= 0.6 is 0 Å². The smallest absolute Gasteiger partial charge is 0.228 e. The Hall–Kier alpha value is -1.84.